The van der Waals surface area contributed by atoms with Crippen LogP contribution < -0.4 is 19.5 Å². The van der Waals surface area contributed by atoms with Crippen molar-refractivity contribution in [3.05, 3.63) is 89.2 Å². The van der Waals surface area contributed by atoms with Crippen LogP contribution in [0.25, 0.3) is 0 Å². The Balaban J connectivity index is 1.27. The summed E-state index contributed by atoms with van der Waals surface area (Å²) < 4.78 is 31.5. The van der Waals surface area contributed by atoms with Crippen molar-refractivity contribution in [2.45, 2.75) is 25.2 Å². The molecule has 2 heterocycles. The van der Waals surface area contributed by atoms with Crippen molar-refractivity contribution in [1.82, 2.24) is 5.32 Å². The first-order valence-electron chi connectivity index (χ1n) is 11.8. The molecule has 1 saturated heterocycles. The van der Waals surface area contributed by atoms with Crippen molar-refractivity contribution in [1.29, 1.82) is 0 Å². The van der Waals surface area contributed by atoms with Crippen LogP contribution in [-0.2, 0) is 6.42 Å². The molecule has 0 aliphatic carbocycles. The van der Waals surface area contributed by atoms with Crippen molar-refractivity contribution < 1.29 is 23.4 Å². The average Bonchev–Trinajstić information content (AvgIpc) is 3.35. The molecule has 5 rings (SSSR count). The highest BCUT2D eigenvalue weighted by molar-refractivity contribution is 5.96. The Kier molecular flexibility index (Phi) is 6.77. The van der Waals surface area contributed by atoms with E-state index in [1.54, 1.807) is 6.07 Å². The quantitative estimate of drug-likeness (QED) is 0.471. The van der Waals surface area contributed by atoms with Crippen LogP contribution in [0.4, 0.5) is 4.39 Å². The fourth-order valence-corrected chi connectivity index (χ4v) is 4.73. The maximum absolute atomic E-state index is 14.6. The second-order valence-electron chi connectivity index (χ2n) is 8.83. The van der Waals surface area contributed by atoms with E-state index in [-0.39, 0.29) is 36.4 Å². The minimum atomic E-state index is -0.455. The number of fused-ring (bicyclic) bond motifs is 1. The van der Waals surface area contributed by atoms with Gasteiger partial charge in [-0.05, 0) is 60.7 Å². The molecule has 176 valence electrons. The summed E-state index contributed by atoms with van der Waals surface area (Å²) in [4.78, 5) is 12.9. The summed E-state index contributed by atoms with van der Waals surface area (Å²) >= 11 is 0. The Morgan fingerprint density at radius 2 is 1.88 bits per heavy atom. The van der Waals surface area contributed by atoms with Gasteiger partial charge in [0.25, 0.3) is 0 Å². The van der Waals surface area contributed by atoms with Gasteiger partial charge in [0.2, 0.25) is 6.79 Å². The number of nitrogens with one attached hydrogen (secondary N) is 1. The maximum atomic E-state index is 14.6. The first-order valence-corrected chi connectivity index (χ1v) is 11.8. The lowest BCUT2D eigenvalue weighted by molar-refractivity contribution is 0.0978. The van der Waals surface area contributed by atoms with Gasteiger partial charge in [0.05, 0.1) is 12.2 Å². The lowest BCUT2D eigenvalue weighted by atomic mass is 9.80. The zero-order chi connectivity index (χ0) is 23.3. The molecule has 0 unspecified atom stereocenters. The number of halogens is 1. The fourth-order valence-electron chi connectivity index (χ4n) is 4.73. The maximum Gasteiger partial charge on any atom is 0.231 e. The first-order chi connectivity index (χ1) is 16.7. The molecule has 3 aromatic carbocycles. The Labute approximate surface area is 198 Å². The summed E-state index contributed by atoms with van der Waals surface area (Å²) in [6.45, 7) is 2.40. The molecule has 0 saturated carbocycles. The molecule has 2 aliphatic rings. The average molecular weight is 462 g/mol. The van der Waals surface area contributed by atoms with Gasteiger partial charge in [0.15, 0.2) is 17.3 Å². The number of hydrogen-bond acceptors (Lipinski definition) is 5. The van der Waals surface area contributed by atoms with Crippen LogP contribution >= 0.6 is 0 Å². The summed E-state index contributed by atoms with van der Waals surface area (Å²) in [5, 5.41) is 3.43. The summed E-state index contributed by atoms with van der Waals surface area (Å²) in [6.07, 6.45) is 1.79. The van der Waals surface area contributed by atoms with Gasteiger partial charge in [0, 0.05) is 24.9 Å². The van der Waals surface area contributed by atoms with E-state index >= 15 is 0 Å². The summed E-state index contributed by atoms with van der Waals surface area (Å²) in [6, 6.07) is 20.4. The predicted octanol–water partition coefficient (Wildman–Crippen LogP) is 5.14. The third-order valence-electron chi connectivity index (χ3n) is 6.62. The minimum Gasteiger partial charge on any atom is -0.493 e. The normalized spacial score (nSPS) is 19.1. The number of piperidine rings is 1. The molecular formula is C28H28FNO4. The van der Waals surface area contributed by atoms with Crippen LogP contribution in [0.2, 0.25) is 0 Å². The lowest BCUT2D eigenvalue weighted by Crippen LogP contribution is -2.38. The van der Waals surface area contributed by atoms with Crippen LogP contribution in [0.5, 0.6) is 17.2 Å². The molecule has 2 aliphatic heterocycles. The highest BCUT2D eigenvalue weighted by Crippen LogP contribution is 2.36. The Bertz CT molecular complexity index is 1150. The smallest absolute Gasteiger partial charge is 0.231 e. The SMILES string of the molecule is O=C(CCc1ccccc1)c1cc([C@@H]2CCNC[C@H]2COc2ccc3c(c2)OCO3)ccc1F. The van der Waals surface area contributed by atoms with Crippen molar-refractivity contribution in [2.24, 2.45) is 5.92 Å². The van der Waals surface area contributed by atoms with Crippen LogP contribution in [0.1, 0.15) is 40.2 Å². The van der Waals surface area contributed by atoms with E-state index in [0.29, 0.717) is 18.8 Å². The van der Waals surface area contributed by atoms with Gasteiger partial charge in [-0.3, -0.25) is 4.79 Å². The molecule has 0 radical (unpaired) electrons. The molecule has 1 fully saturated rings. The van der Waals surface area contributed by atoms with E-state index in [2.05, 4.69) is 5.32 Å². The van der Waals surface area contributed by atoms with Gasteiger partial charge in [-0.1, -0.05) is 36.4 Å². The highest BCUT2D eigenvalue weighted by Gasteiger charge is 2.28. The van der Waals surface area contributed by atoms with Gasteiger partial charge < -0.3 is 19.5 Å². The molecule has 6 heteroatoms. The van der Waals surface area contributed by atoms with Crippen LogP contribution in [-0.4, -0.2) is 32.3 Å². The number of carbonyl (C=O) groups excluding carboxylic acids is 1. The van der Waals surface area contributed by atoms with Gasteiger partial charge in [-0.15, -0.1) is 0 Å². The summed E-state index contributed by atoms with van der Waals surface area (Å²) in [5.41, 5.74) is 2.25. The molecule has 0 aromatic heterocycles. The largest absolute Gasteiger partial charge is 0.493 e. The first kappa shape index (κ1) is 22.4. The van der Waals surface area contributed by atoms with E-state index < -0.39 is 5.82 Å². The molecule has 0 amide bonds. The number of carbonyl (C=O) groups is 1. The second-order valence-corrected chi connectivity index (χ2v) is 8.83. The van der Waals surface area contributed by atoms with Gasteiger partial charge >= 0.3 is 0 Å². The fraction of sp³-hybridized carbons (Fsp3) is 0.321. The molecule has 2 atom stereocenters. The number of rotatable bonds is 8. The predicted molar refractivity (Wildman–Crippen MR) is 127 cm³/mol. The summed E-state index contributed by atoms with van der Waals surface area (Å²) in [7, 11) is 0. The van der Waals surface area contributed by atoms with Crippen molar-refractivity contribution in [3.8, 4) is 17.2 Å². The highest BCUT2D eigenvalue weighted by atomic mass is 19.1. The zero-order valence-corrected chi connectivity index (χ0v) is 19.0. The monoisotopic (exact) mass is 461 g/mol. The number of ether oxygens (including phenoxy) is 3. The van der Waals surface area contributed by atoms with Gasteiger partial charge in [0.1, 0.15) is 11.6 Å². The van der Waals surface area contributed by atoms with E-state index in [1.165, 1.54) is 6.07 Å². The molecular weight excluding hydrogens is 433 g/mol. The van der Waals surface area contributed by atoms with Crippen molar-refractivity contribution >= 4 is 5.78 Å². The molecule has 3 aromatic rings. The van der Waals surface area contributed by atoms with Crippen molar-refractivity contribution in [2.75, 3.05) is 26.5 Å². The molecule has 34 heavy (non-hydrogen) atoms. The Hall–Kier alpha value is -3.38. The third kappa shape index (κ3) is 5.07. The summed E-state index contributed by atoms with van der Waals surface area (Å²) in [5.74, 6) is 1.89. The molecule has 0 spiro atoms. The van der Waals surface area contributed by atoms with E-state index in [4.69, 9.17) is 14.2 Å². The topological polar surface area (TPSA) is 56.8 Å². The second kappa shape index (κ2) is 10.3. The number of aryl methyl sites for hydroxylation is 1. The Morgan fingerprint density at radius 3 is 2.76 bits per heavy atom. The van der Waals surface area contributed by atoms with Crippen LogP contribution in [0, 0.1) is 11.7 Å². The molecule has 5 nitrogen and oxygen atoms in total. The number of Topliss-reactive ketones (excluding diaryl/α,β-unsaturated/α-hetero) is 1. The van der Waals surface area contributed by atoms with Gasteiger partial charge in [-0.2, -0.15) is 0 Å². The van der Waals surface area contributed by atoms with Crippen molar-refractivity contribution in [3.63, 3.8) is 0 Å². The molecule has 1 N–H and O–H groups in total. The number of ketones is 1. The molecule has 0 bridgehead atoms. The Morgan fingerprint density at radius 1 is 1.03 bits per heavy atom. The number of benzene rings is 3. The van der Waals surface area contributed by atoms with Gasteiger partial charge in [-0.25, -0.2) is 4.39 Å². The number of hydrogen-bond donors (Lipinski definition) is 1. The van der Waals surface area contributed by atoms with E-state index in [1.807, 2.05) is 54.6 Å². The third-order valence-corrected chi connectivity index (χ3v) is 6.62. The van der Waals surface area contributed by atoms with Crippen LogP contribution in [0.3, 0.4) is 0 Å². The van der Waals surface area contributed by atoms with E-state index in [0.717, 1.165) is 42.1 Å². The van der Waals surface area contributed by atoms with Crippen LogP contribution in [0.15, 0.2) is 66.7 Å². The zero-order valence-electron chi connectivity index (χ0n) is 19.0. The standard InChI is InChI=1S/C28H28FNO4/c29-25-9-7-20(14-24(25)26(31)10-6-19-4-2-1-3-5-19)23-12-13-30-16-21(23)17-32-22-8-11-27-28(15-22)34-18-33-27/h1-5,7-9,11,14-15,21,23,30H,6,10,12-13,16-18H2/t21-,23-/m0/s1. The lowest BCUT2D eigenvalue weighted by Gasteiger charge is -2.32. The minimum absolute atomic E-state index is 0.162. The van der Waals surface area contributed by atoms with E-state index in [9.17, 15) is 9.18 Å².